The maximum absolute atomic E-state index is 12.4. The number of carbonyl (C=O) groups is 1. The first-order chi connectivity index (χ1) is 11.7. The quantitative estimate of drug-likeness (QED) is 0.749. The van der Waals surface area contributed by atoms with Crippen molar-refractivity contribution >= 4 is 16.1 Å². The Balaban J connectivity index is 1.88. The zero-order valence-electron chi connectivity index (χ0n) is 15.3. The molecule has 8 heteroatoms. The Morgan fingerprint density at radius 1 is 1.12 bits per heavy atom. The lowest BCUT2D eigenvalue weighted by Crippen LogP contribution is -2.53. The van der Waals surface area contributed by atoms with Gasteiger partial charge in [0.25, 0.3) is 10.2 Å². The highest BCUT2D eigenvalue weighted by molar-refractivity contribution is 7.86. The molecule has 0 bridgehead atoms. The van der Waals surface area contributed by atoms with E-state index in [1.165, 1.54) is 22.7 Å². The molecule has 1 amide bonds. The summed E-state index contributed by atoms with van der Waals surface area (Å²) in [4.78, 5) is 14.2. The first-order valence-electron chi connectivity index (χ1n) is 8.41. The van der Waals surface area contributed by atoms with Gasteiger partial charge in [0.15, 0.2) is 0 Å². The molecule has 1 aliphatic rings. The minimum absolute atomic E-state index is 0.0134. The van der Waals surface area contributed by atoms with Crippen molar-refractivity contribution in [1.82, 2.24) is 13.5 Å². The minimum Gasteiger partial charge on any atom is -0.491 e. The number of rotatable bonds is 6. The number of amides is 1. The molecule has 1 aromatic carbocycles. The number of hydrogen-bond donors (Lipinski definition) is 0. The molecule has 1 aromatic rings. The molecule has 0 N–H and O–H groups in total. The van der Waals surface area contributed by atoms with E-state index in [4.69, 9.17) is 4.74 Å². The van der Waals surface area contributed by atoms with Crippen LogP contribution < -0.4 is 4.74 Å². The lowest BCUT2D eigenvalue weighted by molar-refractivity contribution is -0.131. The van der Waals surface area contributed by atoms with E-state index < -0.39 is 10.2 Å². The van der Waals surface area contributed by atoms with Gasteiger partial charge in [-0.1, -0.05) is 12.1 Å². The number of hydrogen-bond acceptors (Lipinski definition) is 4. The molecule has 0 radical (unpaired) electrons. The predicted octanol–water partition coefficient (Wildman–Crippen LogP) is 0.967. The van der Waals surface area contributed by atoms with Gasteiger partial charge in [-0.25, -0.2) is 0 Å². The van der Waals surface area contributed by atoms with E-state index in [-0.39, 0.29) is 12.0 Å². The number of nitrogens with zero attached hydrogens (tertiary/aromatic N) is 3. The molecule has 0 unspecified atom stereocenters. The lowest BCUT2D eigenvalue weighted by atomic mass is 10.1. The molecule has 1 aliphatic heterocycles. The largest absolute Gasteiger partial charge is 0.491 e. The van der Waals surface area contributed by atoms with Crippen molar-refractivity contribution in [3.8, 4) is 5.75 Å². The normalized spacial score (nSPS) is 16.5. The Hall–Kier alpha value is -1.64. The molecule has 0 spiro atoms. The van der Waals surface area contributed by atoms with E-state index in [9.17, 15) is 13.2 Å². The molecule has 0 aliphatic carbocycles. The zero-order chi connectivity index (χ0) is 18.6. The monoisotopic (exact) mass is 369 g/mol. The molecule has 25 heavy (non-hydrogen) atoms. The predicted molar refractivity (Wildman–Crippen MR) is 96.7 cm³/mol. The summed E-state index contributed by atoms with van der Waals surface area (Å²) in [7, 11) is -0.381. The Labute approximate surface area is 150 Å². The van der Waals surface area contributed by atoms with Crippen molar-refractivity contribution in [2.75, 3.05) is 40.3 Å². The highest BCUT2D eigenvalue weighted by atomic mass is 32.2. The van der Waals surface area contributed by atoms with Gasteiger partial charge in [-0.15, -0.1) is 0 Å². The van der Waals surface area contributed by atoms with Crippen LogP contribution in [0.4, 0.5) is 0 Å². The molecule has 7 nitrogen and oxygen atoms in total. The van der Waals surface area contributed by atoms with Crippen LogP contribution in [0.15, 0.2) is 24.3 Å². The summed E-state index contributed by atoms with van der Waals surface area (Å²) in [5, 5.41) is 0. The third kappa shape index (κ3) is 5.17. The van der Waals surface area contributed by atoms with Crippen molar-refractivity contribution < 1.29 is 17.9 Å². The van der Waals surface area contributed by atoms with Crippen molar-refractivity contribution in [2.45, 2.75) is 26.4 Å². The molecule has 1 heterocycles. The third-order valence-corrected chi connectivity index (χ3v) is 5.97. The Bertz CT molecular complexity index is 678. The second-order valence-corrected chi connectivity index (χ2v) is 8.70. The van der Waals surface area contributed by atoms with Crippen molar-refractivity contribution in [3.63, 3.8) is 0 Å². The van der Waals surface area contributed by atoms with E-state index in [2.05, 4.69) is 0 Å². The van der Waals surface area contributed by atoms with Crippen molar-refractivity contribution in [2.24, 2.45) is 0 Å². The summed E-state index contributed by atoms with van der Waals surface area (Å²) >= 11 is 0. The van der Waals surface area contributed by atoms with Crippen LogP contribution in [0.5, 0.6) is 5.75 Å². The Kier molecular flexibility index (Phi) is 6.42. The van der Waals surface area contributed by atoms with Gasteiger partial charge < -0.3 is 9.64 Å². The Morgan fingerprint density at radius 3 is 2.16 bits per heavy atom. The van der Waals surface area contributed by atoms with Gasteiger partial charge >= 0.3 is 0 Å². The molecular formula is C17H27N3O4S. The second-order valence-electron chi connectivity index (χ2n) is 6.56. The first kappa shape index (κ1) is 19.7. The topological polar surface area (TPSA) is 70.2 Å². The van der Waals surface area contributed by atoms with Crippen LogP contribution >= 0.6 is 0 Å². The molecule has 0 aromatic heterocycles. The smallest absolute Gasteiger partial charge is 0.281 e. The van der Waals surface area contributed by atoms with Crippen LogP contribution in [0.3, 0.4) is 0 Å². The van der Waals surface area contributed by atoms with Crippen LogP contribution in [0.25, 0.3) is 0 Å². The van der Waals surface area contributed by atoms with E-state index in [0.717, 1.165) is 11.3 Å². The average Bonchev–Trinajstić information content (AvgIpc) is 2.56. The van der Waals surface area contributed by atoms with Crippen LogP contribution in [0, 0.1) is 0 Å². The molecular weight excluding hydrogens is 342 g/mol. The maximum atomic E-state index is 12.4. The summed E-state index contributed by atoms with van der Waals surface area (Å²) in [5.74, 6) is 0.799. The number of benzene rings is 1. The molecule has 1 fully saturated rings. The average molecular weight is 369 g/mol. The van der Waals surface area contributed by atoms with Gasteiger partial charge in [0.2, 0.25) is 5.91 Å². The van der Waals surface area contributed by atoms with E-state index in [1.807, 2.05) is 38.1 Å². The van der Waals surface area contributed by atoms with E-state index >= 15 is 0 Å². The summed E-state index contributed by atoms with van der Waals surface area (Å²) in [5.41, 5.74) is 0.921. The molecule has 0 saturated carbocycles. The number of ether oxygens (including phenoxy) is 1. The molecule has 1 saturated heterocycles. The van der Waals surface area contributed by atoms with Gasteiger partial charge in [-0.05, 0) is 31.5 Å². The fourth-order valence-electron chi connectivity index (χ4n) is 2.64. The number of piperazine rings is 1. The Morgan fingerprint density at radius 2 is 1.68 bits per heavy atom. The first-order valence-corrected chi connectivity index (χ1v) is 9.81. The van der Waals surface area contributed by atoms with Crippen LogP contribution in [0.2, 0.25) is 0 Å². The number of carbonyl (C=O) groups excluding carboxylic acids is 1. The van der Waals surface area contributed by atoms with Gasteiger partial charge in [0.05, 0.1) is 12.5 Å². The highest BCUT2D eigenvalue weighted by Crippen LogP contribution is 2.16. The van der Waals surface area contributed by atoms with Crippen LogP contribution in [-0.2, 0) is 21.4 Å². The highest BCUT2D eigenvalue weighted by Gasteiger charge is 2.30. The molecule has 140 valence electrons. The second kappa shape index (κ2) is 8.16. The molecule has 0 atom stereocenters. The van der Waals surface area contributed by atoms with Crippen LogP contribution in [0.1, 0.15) is 19.4 Å². The molecule has 2 rings (SSSR count). The van der Waals surface area contributed by atoms with Gasteiger partial charge in [-0.2, -0.15) is 17.0 Å². The fourth-order valence-corrected chi connectivity index (χ4v) is 3.73. The third-order valence-electron chi connectivity index (χ3n) is 4.03. The van der Waals surface area contributed by atoms with Gasteiger partial charge in [-0.3, -0.25) is 4.79 Å². The van der Waals surface area contributed by atoms with Crippen LogP contribution in [-0.4, -0.2) is 74.2 Å². The summed E-state index contributed by atoms with van der Waals surface area (Å²) in [6.45, 7) is 5.42. The lowest BCUT2D eigenvalue weighted by Gasteiger charge is -2.35. The van der Waals surface area contributed by atoms with E-state index in [0.29, 0.717) is 32.6 Å². The SMILES string of the molecule is CC(C)Oc1ccc(CC(=O)N2CCN(S(=O)(=O)N(C)C)CC2)cc1. The fraction of sp³-hybridized carbons (Fsp3) is 0.588. The minimum atomic E-state index is -3.41. The summed E-state index contributed by atoms with van der Waals surface area (Å²) in [6, 6.07) is 7.51. The van der Waals surface area contributed by atoms with E-state index in [1.54, 1.807) is 4.90 Å². The maximum Gasteiger partial charge on any atom is 0.281 e. The zero-order valence-corrected chi connectivity index (χ0v) is 16.1. The van der Waals surface area contributed by atoms with Gasteiger partial charge in [0, 0.05) is 40.3 Å². The summed E-state index contributed by atoms with van der Waals surface area (Å²) < 4.78 is 32.4. The van der Waals surface area contributed by atoms with Gasteiger partial charge in [0.1, 0.15) is 5.75 Å². The van der Waals surface area contributed by atoms with Crippen molar-refractivity contribution in [1.29, 1.82) is 0 Å². The standard InChI is InChI=1S/C17H27N3O4S/c1-14(2)24-16-7-5-15(6-8-16)13-17(21)19-9-11-20(12-10-19)25(22,23)18(3)4/h5-8,14H,9-13H2,1-4H3. The summed E-state index contributed by atoms with van der Waals surface area (Å²) in [6.07, 6.45) is 0.421. The van der Waals surface area contributed by atoms with Crippen molar-refractivity contribution in [3.05, 3.63) is 29.8 Å².